The first-order valence-electron chi connectivity index (χ1n) is 6.42. The number of phenols is 1. The molecule has 2 aromatic carbocycles. The Morgan fingerprint density at radius 3 is 2.68 bits per heavy atom. The molecule has 6 heteroatoms. The molecule has 3 aromatic rings. The normalized spacial score (nSPS) is 10.9. The summed E-state index contributed by atoms with van der Waals surface area (Å²) in [5.41, 5.74) is 1.34. The summed E-state index contributed by atoms with van der Waals surface area (Å²) in [5, 5.41) is 9.34. The van der Waals surface area contributed by atoms with Crippen LogP contribution in [-0.4, -0.2) is 20.9 Å². The molecule has 110 valence electrons. The van der Waals surface area contributed by atoms with E-state index >= 15 is 0 Å². The number of fused-ring (bicyclic) bond motifs is 1. The molecule has 0 radical (unpaired) electrons. The summed E-state index contributed by atoms with van der Waals surface area (Å²) in [6.07, 6.45) is 1.59. The van der Waals surface area contributed by atoms with Crippen LogP contribution in [0, 0.1) is 18.6 Å². The number of hydrogen-bond donors (Lipinski definition) is 1. The molecule has 0 unspecified atom stereocenters. The minimum absolute atomic E-state index is 0.135. The van der Waals surface area contributed by atoms with E-state index in [0.29, 0.717) is 22.8 Å². The summed E-state index contributed by atoms with van der Waals surface area (Å²) in [7, 11) is 0. The lowest BCUT2D eigenvalue weighted by atomic mass is 10.0. The molecule has 0 aliphatic heterocycles. The van der Waals surface area contributed by atoms with E-state index in [2.05, 4.69) is 9.97 Å². The van der Waals surface area contributed by atoms with Gasteiger partial charge in [-0.3, -0.25) is 9.78 Å². The van der Waals surface area contributed by atoms with Crippen molar-refractivity contribution in [2.75, 3.05) is 0 Å². The number of hydrogen-bond acceptors (Lipinski definition) is 4. The monoisotopic (exact) mass is 300 g/mol. The molecule has 0 amide bonds. The maximum Gasteiger partial charge on any atom is 0.196 e. The van der Waals surface area contributed by atoms with E-state index in [4.69, 9.17) is 0 Å². The van der Waals surface area contributed by atoms with Crippen LogP contribution in [0.15, 0.2) is 36.5 Å². The molecule has 0 bridgehead atoms. The van der Waals surface area contributed by atoms with Crippen LogP contribution in [0.25, 0.3) is 11.0 Å². The molecule has 3 rings (SSSR count). The summed E-state index contributed by atoms with van der Waals surface area (Å²) < 4.78 is 27.1. The second-order valence-electron chi connectivity index (χ2n) is 4.83. The average Bonchev–Trinajstić information content (AvgIpc) is 2.49. The zero-order valence-corrected chi connectivity index (χ0v) is 11.5. The third-order valence-corrected chi connectivity index (χ3v) is 3.18. The number of rotatable bonds is 2. The summed E-state index contributed by atoms with van der Waals surface area (Å²) in [6, 6.07) is 6.00. The van der Waals surface area contributed by atoms with Crippen molar-refractivity contribution in [1.82, 2.24) is 9.97 Å². The van der Waals surface area contributed by atoms with Crippen molar-refractivity contribution < 1.29 is 18.7 Å². The minimum Gasteiger partial charge on any atom is -0.508 e. The standard InChI is InChI=1S/C16H10F2N2O2/c1-8-7-19-13-3-2-9(4-14(13)20-8)16(22)11-5-10(21)6-12(17)15(11)18/h2-7,21H,1H3. The van der Waals surface area contributed by atoms with Crippen molar-refractivity contribution >= 4 is 16.8 Å². The number of aromatic nitrogens is 2. The van der Waals surface area contributed by atoms with Gasteiger partial charge in [0.2, 0.25) is 0 Å². The van der Waals surface area contributed by atoms with Crippen molar-refractivity contribution in [2.24, 2.45) is 0 Å². The third-order valence-electron chi connectivity index (χ3n) is 3.18. The van der Waals surface area contributed by atoms with Gasteiger partial charge in [-0.15, -0.1) is 0 Å². The molecule has 4 nitrogen and oxygen atoms in total. The third kappa shape index (κ3) is 2.39. The average molecular weight is 300 g/mol. The highest BCUT2D eigenvalue weighted by Gasteiger charge is 2.19. The first-order chi connectivity index (χ1) is 10.5. The van der Waals surface area contributed by atoms with Crippen molar-refractivity contribution in [3.05, 3.63) is 65.0 Å². The molecule has 1 N–H and O–H groups in total. The van der Waals surface area contributed by atoms with Gasteiger partial charge in [-0.25, -0.2) is 13.8 Å². The zero-order valence-electron chi connectivity index (χ0n) is 11.5. The summed E-state index contributed by atoms with van der Waals surface area (Å²) >= 11 is 0. The van der Waals surface area contributed by atoms with Gasteiger partial charge in [0, 0.05) is 17.8 Å². The molecule has 0 aliphatic rings. The fourth-order valence-corrected chi connectivity index (χ4v) is 2.14. The Kier molecular flexibility index (Phi) is 3.29. The van der Waals surface area contributed by atoms with Crippen LogP contribution >= 0.6 is 0 Å². The van der Waals surface area contributed by atoms with E-state index in [1.54, 1.807) is 19.2 Å². The number of aryl methyl sites for hydroxylation is 1. The SMILES string of the molecule is Cc1cnc2ccc(C(=O)c3cc(O)cc(F)c3F)cc2n1. The molecular formula is C16H10F2N2O2. The van der Waals surface area contributed by atoms with Crippen molar-refractivity contribution in [3.8, 4) is 5.75 Å². The van der Waals surface area contributed by atoms with Crippen molar-refractivity contribution in [3.63, 3.8) is 0 Å². The Bertz CT molecular complexity index is 910. The van der Waals surface area contributed by atoms with E-state index in [9.17, 15) is 18.7 Å². The van der Waals surface area contributed by atoms with Crippen LogP contribution in [0.3, 0.4) is 0 Å². The van der Waals surface area contributed by atoms with Gasteiger partial charge in [-0.1, -0.05) is 0 Å². The summed E-state index contributed by atoms with van der Waals surface area (Å²) in [5.74, 6) is -3.82. The second kappa shape index (κ2) is 5.14. The highest BCUT2D eigenvalue weighted by molar-refractivity contribution is 6.10. The van der Waals surface area contributed by atoms with Gasteiger partial charge in [0.25, 0.3) is 0 Å². The van der Waals surface area contributed by atoms with Crippen LogP contribution in [0.4, 0.5) is 8.78 Å². The Morgan fingerprint density at radius 1 is 1.14 bits per heavy atom. The lowest BCUT2D eigenvalue weighted by Gasteiger charge is -2.06. The predicted octanol–water partition coefficient (Wildman–Crippen LogP) is 3.15. The highest BCUT2D eigenvalue weighted by atomic mass is 19.2. The van der Waals surface area contributed by atoms with Gasteiger partial charge in [0.1, 0.15) is 5.75 Å². The highest BCUT2D eigenvalue weighted by Crippen LogP contribution is 2.23. The van der Waals surface area contributed by atoms with E-state index in [0.717, 1.165) is 6.07 Å². The van der Waals surface area contributed by atoms with Crippen LogP contribution in [0.1, 0.15) is 21.6 Å². The summed E-state index contributed by atoms with van der Waals surface area (Å²) in [6.45, 7) is 1.76. The van der Waals surface area contributed by atoms with E-state index < -0.39 is 28.7 Å². The van der Waals surface area contributed by atoms with Gasteiger partial charge < -0.3 is 5.11 Å². The van der Waals surface area contributed by atoms with E-state index in [-0.39, 0.29) is 5.56 Å². The maximum atomic E-state index is 13.8. The Hall–Kier alpha value is -2.89. The first kappa shape index (κ1) is 14.1. The van der Waals surface area contributed by atoms with Crippen LogP contribution < -0.4 is 0 Å². The Balaban J connectivity index is 2.13. The first-order valence-corrected chi connectivity index (χ1v) is 6.42. The summed E-state index contributed by atoms with van der Waals surface area (Å²) in [4.78, 5) is 20.7. The molecule has 1 aromatic heterocycles. The quantitative estimate of drug-likeness (QED) is 0.738. The maximum absolute atomic E-state index is 13.8. The van der Waals surface area contributed by atoms with Crippen LogP contribution in [0.2, 0.25) is 0 Å². The number of carbonyl (C=O) groups is 1. The van der Waals surface area contributed by atoms with E-state index in [1.165, 1.54) is 12.1 Å². The lowest BCUT2D eigenvalue weighted by Crippen LogP contribution is -2.06. The molecule has 0 saturated heterocycles. The number of halogens is 2. The minimum atomic E-state index is -1.29. The zero-order chi connectivity index (χ0) is 15.9. The molecule has 22 heavy (non-hydrogen) atoms. The molecule has 0 atom stereocenters. The predicted molar refractivity (Wildman–Crippen MR) is 75.7 cm³/mol. The lowest BCUT2D eigenvalue weighted by molar-refractivity contribution is 0.103. The Labute approximate surface area is 124 Å². The van der Waals surface area contributed by atoms with Crippen LogP contribution in [0.5, 0.6) is 5.75 Å². The molecule has 1 heterocycles. The van der Waals surface area contributed by atoms with E-state index in [1.807, 2.05) is 0 Å². The van der Waals surface area contributed by atoms with Crippen LogP contribution in [-0.2, 0) is 0 Å². The fraction of sp³-hybridized carbons (Fsp3) is 0.0625. The number of nitrogens with zero attached hydrogens (tertiary/aromatic N) is 2. The molecule has 0 spiro atoms. The number of ketones is 1. The molecule has 0 fully saturated rings. The Morgan fingerprint density at radius 2 is 1.91 bits per heavy atom. The smallest absolute Gasteiger partial charge is 0.196 e. The largest absolute Gasteiger partial charge is 0.508 e. The number of carbonyl (C=O) groups excluding carboxylic acids is 1. The molecular weight excluding hydrogens is 290 g/mol. The van der Waals surface area contributed by atoms with Gasteiger partial charge in [-0.2, -0.15) is 0 Å². The number of benzene rings is 2. The molecule has 0 saturated carbocycles. The number of aromatic hydroxyl groups is 1. The van der Waals surface area contributed by atoms with Gasteiger partial charge in [-0.05, 0) is 31.2 Å². The second-order valence-corrected chi connectivity index (χ2v) is 4.83. The topological polar surface area (TPSA) is 63.1 Å². The van der Waals surface area contributed by atoms with Crippen molar-refractivity contribution in [1.29, 1.82) is 0 Å². The fourth-order valence-electron chi connectivity index (χ4n) is 2.14. The molecule has 0 aliphatic carbocycles. The van der Waals surface area contributed by atoms with Gasteiger partial charge in [0.15, 0.2) is 17.4 Å². The van der Waals surface area contributed by atoms with Gasteiger partial charge >= 0.3 is 0 Å². The van der Waals surface area contributed by atoms with Crippen molar-refractivity contribution in [2.45, 2.75) is 6.92 Å². The number of phenolic OH excluding ortho intramolecular Hbond substituents is 1. The van der Waals surface area contributed by atoms with Gasteiger partial charge in [0.05, 0.1) is 22.3 Å².